The molecule has 0 radical (unpaired) electrons. The van der Waals surface area contributed by atoms with E-state index in [0.717, 1.165) is 95.7 Å². The summed E-state index contributed by atoms with van der Waals surface area (Å²) >= 11 is 0. The molecule has 0 bridgehead atoms. The number of aromatic nitrogens is 4. The van der Waals surface area contributed by atoms with Gasteiger partial charge >= 0.3 is 12.2 Å². The molecule has 2 saturated heterocycles. The molecular formula is C47H56N8O8. The van der Waals surface area contributed by atoms with Crippen LogP contribution in [0, 0.1) is 11.8 Å². The number of aromatic amines is 2. The van der Waals surface area contributed by atoms with E-state index in [0.29, 0.717) is 36.2 Å². The number of H-pyrrole nitrogens is 2. The summed E-state index contributed by atoms with van der Waals surface area (Å²) in [6.45, 7) is 8.75. The van der Waals surface area contributed by atoms with Crippen LogP contribution in [0.25, 0.3) is 44.3 Å². The Morgan fingerprint density at radius 1 is 0.667 bits per heavy atom. The number of hydrogen-bond acceptors (Lipinski definition) is 10. The number of rotatable bonds is 10. The molecule has 1 aliphatic carbocycles. The fourth-order valence-corrected chi connectivity index (χ4v) is 9.83. The average Bonchev–Trinajstić information content (AvgIpc) is 4.14. The number of alkyl carbamates (subject to hydrolysis) is 2. The Kier molecular flexibility index (Phi) is 11.2. The number of nitrogens with one attached hydrogen (secondary N) is 4. The third-order valence-corrected chi connectivity index (χ3v) is 13.2. The molecule has 3 fully saturated rings. The van der Waals surface area contributed by atoms with Gasteiger partial charge in [0.2, 0.25) is 11.8 Å². The molecule has 5 heterocycles. The summed E-state index contributed by atoms with van der Waals surface area (Å²) in [5.74, 6) is 1.51. The molecule has 3 aromatic carbocycles. The quantitative estimate of drug-likeness (QED) is 0.107. The minimum Gasteiger partial charge on any atom is -0.453 e. The highest BCUT2D eigenvalue weighted by Gasteiger charge is 2.46. The van der Waals surface area contributed by atoms with E-state index in [-0.39, 0.29) is 35.7 Å². The van der Waals surface area contributed by atoms with Gasteiger partial charge in [-0.2, -0.15) is 0 Å². The normalized spacial score (nSPS) is 20.0. The molecule has 332 valence electrons. The second-order valence-corrected chi connectivity index (χ2v) is 17.9. The summed E-state index contributed by atoms with van der Waals surface area (Å²) in [6.07, 6.45) is 5.49. The number of imidazole rings is 2. The topological polar surface area (TPSA) is 193 Å². The van der Waals surface area contributed by atoms with Gasteiger partial charge < -0.3 is 49.3 Å². The number of methoxy groups -OCH3 is 2. The van der Waals surface area contributed by atoms with Gasteiger partial charge in [-0.3, -0.25) is 9.59 Å². The monoisotopic (exact) mass is 860 g/mol. The van der Waals surface area contributed by atoms with Gasteiger partial charge in [0.05, 0.1) is 48.4 Å². The molecule has 63 heavy (non-hydrogen) atoms. The van der Waals surface area contributed by atoms with Gasteiger partial charge in [-0.15, -0.1) is 0 Å². The Hall–Kier alpha value is -6.32. The van der Waals surface area contributed by atoms with E-state index in [1.54, 1.807) is 0 Å². The number of likely N-dealkylation sites (tertiary alicyclic amines) is 2. The number of ether oxygens (including phenoxy) is 4. The van der Waals surface area contributed by atoms with Crippen molar-refractivity contribution in [2.45, 2.75) is 109 Å². The van der Waals surface area contributed by atoms with Gasteiger partial charge in [0.25, 0.3) is 5.79 Å². The Morgan fingerprint density at radius 3 is 1.49 bits per heavy atom. The van der Waals surface area contributed by atoms with E-state index in [1.807, 2.05) is 61.8 Å². The van der Waals surface area contributed by atoms with Crippen molar-refractivity contribution in [2.75, 3.05) is 27.3 Å². The predicted molar refractivity (Wildman–Crippen MR) is 235 cm³/mol. The molecule has 5 aromatic rings. The molecule has 1 saturated carbocycles. The van der Waals surface area contributed by atoms with Crippen LogP contribution in [0.2, 0.25) is 0 Å². The van der Waals surface area contributed by atoms with Crippen LogP contribution < -0.4 is 20.1 Å². The summed E-state index contributed by atoms with van der Waals surface area (Å²) < 4.78 is 23.3. The van der Waals surface area contributed by atoms with E-state index in [9.17, 15) is 19.2 Å². The minimum atomic E-state index is -0.728. The maximum atomic E-state index is 13.8. The molecule has 4 amide bonds. The zero-order valence-electron chi connectivity index (χ0n) is 36.7. The highest BCUT2D eigenvalue weighted by molar-refractivity contribution is 5.91. The average molecular weight is 861 g/mol. The Balaban J connectivity index is 1.01. The largest absolute Gasteiger partial charge is 0.453 e. The maximum Gasteiger partial charge on any atom is 0.407 e. The summed E-state index contributed by atoms with van der Waals surface area (Å²) in [7, 11) is 2.58. The summed E-state index contributed by atoms with van der Waals surface area (Å²) in [6, 6.07) is 14.4. The molecule has 9 rings (SSSR count). The molecule has 4 aliphatic rings. The summed E-state index contributed by atoms with van der Waals surface area (Å²) in [5, 5.41) is 5.44. The van der Waals surface area contributed by atoms with E-state index in [2.05, 4.69) is 44.9 Å². The van der Waals surface area contributed by atoms with Crippen molar-refractivity contribution in [2.24, 2.45) is 11.8 Å². The lowest BCUT2D eigenvalue weighted by Crippen LogP contribution is -2.51. The van der Waals surface area contributed by atoms with Crippen molar-refractivity contribution >= 4 is 46.1 Å². The molecule has 4 N–H and O–H groups in total. The van der Waals surface area contributed by atoms with E-state index in [4.69, 9.17) is 28.9 Å². The first-order valence-electron chi connectivity index (χ1n) is 22.2. The second kappa shape index (κ2) is 16.8. The Bertz CT molecular complexity index is 2410. The van der Waals surface area contributed by atoms with Crippen LogP contribution in [0.1, 0.15) is 103 Å². The summed E-state index contributed by atoms with van der Waals surface area (Å²) in [4.78, 5) is 72.4. The van der Waals surface area contributed by atoms with Crippen LogP contribution in [0.5, 0.6) is 11.5 Å². The van der Waals surface area contributed by atoms with Gasteiger partial charge in [0.15, 0.2) is 11.5 Å². The first-order valence-corrected chi connectivity index (χ1v) is 22.2. The number of fused-ring (bicyclic) bond motifs is 3. The molecule has 16 heteroatoms. The van der Waals surface area contributed by atoms with Crippen LogP contribution in [0.4, 0.5) is 9.59 Å². The van der Waals surface area contributed by atoms with Crippen molar-refractivity contribution in [3.63, 3.8) is 0 Å². The summed E-state index contributed by atoms with van der Waals surface area (Å²) in [5.41, 5.74) is 6.92. The molecule has 1 spiro atoms. The number of carbonyl (C=O) groups excluding carboxylic acids is 4. The SMILES string of the molecule is COC(=O)NC(C(=O)N1CCCC1c1nc2ccc(-c3ccc(-c4ccc5nc(C6CCCN6C(=O)[C@@H](NC(=O)OC)C(C)C)[nH]c5c4)c4c3OC3(CCCC3)O4)cc2[nH]1)C(C)C. The Labute approximate surface area is 365 Å². The molecule has 2 aromatic heterocycles. The molecule has 3 unspecified atom stereocenters. The smallest absolute Gasteiger partial charge is 0.407 e. The fourth-order valence-electron chi connectivity index (χ4n) is 9.83. The van der Waals surface area contributed by atoms with Crippen LogP contribution in [-0.4, -0.2) is 98.9 Å². The third kappa shape index (κ3) is 7.77. The van der Waals surface area contributed by atoms with E-state index in [1.165, 1.54) is 14.2 Å². The van der Waals surface area contributed by atoms with E-state index >= 15 is 0 Å². The number of nitrogens with zero attached hydrogens (tertiary/aromatic N) is 4. The third-order valence-electron chi connectivity index (χ3n) is 13.2. The highest BCUT2D eigenvalue weighted by atomic mass is 16.7. The van der Waals surface area contributed by atoms with Gasteiger partial charge in [-0.25, -0.2) is 19.6 Å². The predicted octanol–water partition coefficient (Wildman–Crippen LogP) is 7.90. The zero-order valence-corrected chi connectivity index (χ0v) is 36.7. The van der Waals surface area contributed by atoms with Gasteiger partial charge in [-0.05, 0) is 97.9 Å². The first-order chi connectivity index (χ1) is 30.4. The maximum absolute atomic E-state index is 13.8. The lowest BCUT2D eigenvalue weighted by Gasteiger charge is -2.29. The van der Waals surface area contributed by atoms with Crippen LogP contribution in [0.15, 0.2) is 48.5 Å². The van der Waals surface area contributed by atoms with Crippen molar-refractivity contribution in [1.82, 2.24) is 40.4 Å². The van der Waals surface area contributed by atoms with Crippen LogP contribution in [-0.2, 0) is 19.1 Å². The van der Waals surface area contributed by atoms with Gasteiger partial charge in [-0.1, -0.05) is 39.8 Å². The fraction of sp³-hybridized carbons (Fsp3) is 0.489. The van der Waals surface area contributed by atoms with Gasteiger partial charge in [0.1, 0.15) is 23.7 Å². The minimum absolute atomic E-state index is 0.130. The lowest BCUT2D eigenvalue weighted by molar-refractivity contribution is -0.136. The van der Waals surface area contributed by atoms with Crippen molar-refractivity contribution in [3.05, 3.63) is 60.2 Å². The first kappa shape index (κ1) is 42.0. The number of amides is 4. The number of benzene rings is 3. The highest BCUT2D eigenvalue weighted by Crippen LogP contribution is 2.55. The van der Waals surface area contributed by atoms with E-state index < -0.39 is 30.1 Å². The number of hydrogen-bond donors (Lipinski definition) is 4. The Morgan fingerprint density at radius 2 is 1.10 bits per heavy atom. The molecule has 16 nitrogen and oxygen atoms in total. The standard InChI is InChI=1S/C47H56N8O8/c1-25(2)37(52-45(58)60-5)43(56)54-21-9-11-35(54)41-48-31-17-13-27(23-33(31)50-41)29-15-16-30(40-39(29)62-47(63-40)19-7-8-20-47)28-14-18-32-34(24-28)51-42(49-32)36-12-10-22-55(36)44(57)38(26(3)4)53-46(59)61-6/h13-18,23-26,35-38H,7-12,19-22H2,1-6H3,(H,48,50)(H,49,51)(H,52,58)(H,53,59)/t35?,36?,37-,38?/m0/s1. The van der Waals surface area contributed by atoms with Crippen molar-refractivity contribution in [1.29, 1.82) is 0 Å². The lowest BCUT2D eigenvalue weighted by atomic mass is 9.97. The zero-order chi connectivity index (χ0) is 44.2. The molecule has 3 aliphatic heterocycles. The second-order valence-electron chi connectivity index (χ2n) is 17.9. The molecular weight excluding hydrogens is 805 g/mol. The molecule has 4 atom stereocenters. The van der Waals surface area contributed by atoms with Crippen molar-refractivity contribution in [3.8, 4) is 33.8 Å². The van der Waals surface area contributed by atoms with Crippen LogP contribution >= 0.6 is 0 Å². The van der Waals surface area contributed by atoms with Gasteiger partial charge in [0, 0.05) is 37.1 Å². The number of carbonyl (C=O) groups is 4. The van der Waals surface area contributed by atoms with Crippen molar-refractivity contribution < 1.29 is 38.1 Å². The van der Waals surface area contributed by atoms with Crippen LogP contribution in [0.3, 0.4) is 0 Å².